The van der Waals surface area contributed by atoms with Crippen LogP contribution < -0.4 is 10.1 Å². The number of hydrogen-bond acceptors (Lipinski definition) is 7. The van der Waals surface area contributed by atoms with Crippen molar-refractivity contribution in [3.8, 4) is 16.3 Å². The number of carbonyl (C=O) groups is 1. The van der Waals surface area contributed by atoms with Gasteiger partial charge < -0.3 is 14.8 Å². The molecule has 0 bridgehead atoms. The molecule has 1 atom stereocenters. The van der Waals surface area contributed by atoms with Crippen molar-refractivity contribution in [3.63, 3.8) is 0 Å². The number of carbonyl (C=O) groups excluding carboxylic acids is 1. The van der Waals surface area contributed by atoms with Crippen LogP contribution in [0.5, 0.6) is 5.75 Å². The van der Waals surface area contributed by atoms with E-state index in [2.05, 4.69) is 20.3 Å². The number of ether oxygens (including phenoxy) is 2. The van der Waals surface area contributed by atoms with Crippen LogP contribution in [0.25, 0.3) is 10.6 Å². The Hall–Kier alpha value is -2.84. The minimum atomic E-state index is -0.183. The fraction of sp³-hybridized carbons (Fsp3) is 0.440. The molecule has 1 saturated heterocycles. The van der Waals surface area contributed by atoms with Gasteiger partial charge in [-0.05, 0) is 56.7 Å². The third-order valence-corrected chi connectivity index (χ3v) is 7.38. The van der Waals surface area contributed by atoms with Crippen LogP contribution in [-0.4, -0.2) is 40.2 Å². The van der Waals surface area contributed by atoms with E-state index in [0.29, 0.717) is 36.1 Å². The number of aryl methyl sites for hydroxylation is 1. The summed E-state index contributed by atoms with van der Waals surface area (Å²) in [5.41, 5.74) is 2.99. The Kier molecular flexibility index (Phi) is 6.64. The van der Waals surface area contributed by atoms with E-state index in [1.165, 1.54) is 24.1 Å². The second-order valence-electron chi connectivity index (χ2n) is 8.72. The molecule has 0 radical (unpaired) electrons. The van der Waals surface area contributed by atoms with Gasteiger partial charge in [-0.25, -0.2) is 4.98 Å². The van der Waals surface area contributed by atoms with Gasteiger partial charge in [0.25, 0.3) is 5.91 Å². The van der Waals surface area contributed by atoms with Gasteiger partial charge in [-0.15, -0.1) is 11.3 Å². The molecular formula is C25H28N4O3S. The number of rotatable bonds is 8. The largest absolute Gasteiger partial charge is 0.491 e. The lowest BCUT2D eigenvalue weighted by Crippen LogP contribution is -2.23. The van der Waals surface area contributed by atoms with Gasteiger partial charge in [-0.3, -0.25) is 14.8 Å². The van der Waals surface area contributed by atoms with Gasteiger partial charge in [0, 0.05) is 35.0 Å². The predicted molar refractivity (Wildman–Crippen MR) is 127 cm³/mol. The van der Waals surface area contributed by atoms with Crippen LogP contribution in [0.15, 0.2) is 36.8 Å². The first-order valence-electron chi connectivity index (χ1n) is 11.6. The fourth-order valence-corrected chi connectivity index (χ4v) is 5.06. The first-order valence-corrected chi connectivity index (χ1v) is 12.4. The molecule has 172 valence electrons. The van der Waals surface area contributed by atoms with Crippen LogP contribution in [0.4, 0.5) is 0 Å². The van der Waals surface area contributed by atoms with Gasteiger partial charge >= 0.3 is 0 Å². The second-order valence-corrected chi connectivity index (χ2v) is 9.78. The van der Waals surface area contributed by atoms with Crippen LogP contribution in [0, 0.1) is 6.92 Å². The van der Waals surface area contributed by atoms with Crippen molar-refractivity contribution in [3.05, 3.63) is 58.6 Å². The quantitative estimate of drug-likeness (QED) is 0.522. The van der Waals surface area contributed by atoms with Gasteiger partial charge in [0.05, 0.1) is 30.2 Å². The number of amides is 1. The molecule has 2 aromatic heterocycles. The lowest BCUT2D eigenvalue weighted by Gasteiger charge is -2.23. The van der Waals surface area contributed by atoms with E-state index in [9.17, 15) is 4.79 Å². The average molecular weight is 465 g/mol. The molecule has 5 rings (SSSR count). The number of benzene rings is 1. The highest BCUT2D eigenvalue weighted by Crippen LogP contribution is 2.41. The molecule has 2 aliphatic rings. The lowest BCUT2D eigenvalue weighted by atomic mass is 9.85. The summed E-state index contributed by atoms with van der Waals surface area (Å²) in [5, 5.41) is 3.86. The number of nitrogens with one attached hydrogen (secondary N) is 1. The maximum Gasteiger partial charge on any atom is 0.251 e. The van der Waals surface area contributed by atoms with Crippen molar-refractivity contribution in [2.75, 3.05) is 13.2 Å². The molecule has 3 heterocycles. The predicted octanol–water partition coefficient (Wildman–Crippen LogP) is 4.66. The van der Waals surface area contributed by atoms with Gasteiger partial charge in [0.15, 0.2) is 0 Å². The molecule has 1 N–H and O–H groups in total. The number of thiazole rings is 1. The van der Waals surface area contributed by atoms with Gasteiger partial charge in [-0.1, -0.05) is 6.42 Å². The summed E-state index contributed by atoms with van der Waals surface area (Å²) in [6, 6.07) is 5.65. The minimum Gasteiger partial charge on any atom is -0.491 e. The zero-order valence-corrected chi connectivity index (χ0v) is 19.6. The Morgan fingerprint density at radius 2 is 2.03 bits per heavy atom. The molecule has 1 aliphatic carbocycles. The molecule has 3 aromatic rings. The monoisotopic (exact) mass is 464 g/mol. The second kappa shape index (κ2) is 9.97. The summed E-state index contributed by atoms with van der Waals surface area (Å²) in [6.45, 7) is 3.46. The Labute approximate surface area is 197 Å². The topological polar surface area (TPSA) is 86.2 Å². The van der Waals surface area contributed by atoms with E-state index in [4.69, 9.17) is 9.47 Å². The van der Waals surface area contributed by atoms with Crippen molar-refractivity contribution >= 4 is 17.2 Å². The summed E-state index contributed by atoms with van der Waals surface area (Å²) >= 11 is 1.71. The molecular weight excluding hydrogens is 436 g/mol. The molecule has 7 nitrogen and oxygen atoms in total. The third kappa shape index (κ3) is 5.39. The van der Waals surface area contributed by atoms with Crippen LogP contribution in [0.2, 0.25) is 0 Å². The van der Waals surface area contributed by atoms with Crippen molar-refractivity contribution in [2.24, 2.45) is 0 Å². The summed E-state index contributed by atoms with van der Waals surface area (Å²) < 4.78 is 11.7. The van der Waals surface area contributed by atoms with E-state index in [1.54, 1.807) is 29.8 Å². The molecule has 1 aliphatic heterocycles. The van der Waals surface area contributed by atoms with Gasteiger partial charge in [0.2, 0.25) is 0 Å². The van der Waals surface area contributed by atoms with Crippen molar-refractivity contribution in [1.82, 2.24) is 20.3 Å². The van der Waals surface area contributed by atoms with Crippen LogP contribution >= 0.6 is 11.3 Å². The Morgan fingerprint density at radius 1 is 1.12 bits per heavy atom. The Balaban J connectivity index is 1.35. The standard InChI is InChI=1S/C25H28N4O3S/c1-16-11-27-20(12-26-16)13-28-24(30)18-8-19(25-29-14-23(33-25)17-4-2-5-17)10-22(9-18)32-15-21-6-3-7-31-21/h8-12,14,17,21H,2-7,13,15H2,1H3,(H,28,30). The number of hydrogen-bond donors (Lipinski definition) is 1. The summed E-state index contributed by atoms with van der Waals surface area (Å²) in [7, 11) is 0. The van der Waals surface area contributed by atoms with E-state index in [-0.39, 0.29) is 12.0 Å². The zero-order valence-electron chi connectivity index (χ0n) is 18.8. The highest BCUT2D eigenvalue weighted by atomic mass is 32.1. The highest BCUT2D eigenvalue weighted by Gasteiger charge is 2.23. The molecule has 1 amide bonds. The lowest BCUT2D eigenvalue weighted by molar-refractivity contribution is 0.0679. The fourth-order valence-electron chi connectivity index (χ4n) is 3.99. The molecule has 1 saturated carbocycles. The van der Waals surface area contributed by atoms with Crippen molar-refractivity contribution < 1.29 is 14.3 Å². The van der Waals surface area contributed by atoms with Crippen LogP contribution in [-0.2, 0) is 11.3 Å². The zero-order chi connectivity index (χ0) is 22.6. The maximum absolute atomic E-state index is 13.0. The van der Waals surface area contributed by atoms with Crippen molar-refractivity contribution in [2.45, 2.75) is 57.6 Å². The first-order chi connectivity index (χ1) is 16.1. The highest BCUT2D eigenvalue weighted by molar-refractivity contribution is 7.15. The van der Waals surface area contributed by atoms with Crippen molar-refractivity contribution in [1.29, 1.82) is 0 Å². The molecule has 8 heteroatoms. The summed E-state index contributed by atoms with van der Waals surface area (Å²) in [4.78, 5) is 27.5. The first kappa shape index (κ1) is 22.0. The van der Waals surface area contributed by atoms with Gasteiger partial charge in [-0.2, -0.15) is 0 Å². The Bertz CT molecular complexity index is 1110. The van der Waals surface area contributed by atoms with Crippen LogP contribution in [0.3, 0.4) is 0 Å². The van der Waals surface area contributed by atoms with Crippen LogP contribution in [0.1, 0.15) is 64.6 Å². The average Bonchev–Trinajstić information content (AvgIpc) is 3.48. The van der Waals surface area contributed by atoms with E-state index >= 15 is 0 Å². The molecule has 0 spiro atoms. The van der Waals surface area contributed by atoms with E-state index < -0.39 is 0 Å². The molecule has 2 fully saturated rings. The number of nitrogens with zero attached hydrogens (tertiary/aromatic N) is 3. The summed E-state index contributed by atoms with van der Waals surface area (Å²) in [6.07, 6.45) is 11.3. The smallest absolute Gasteiger partial charge is 0.251 e. The number of aromatic nitrogens is 3. The molecule has 1 aromatic carbocycles. The maximum atomic E-state index is 13.0. The van der Waals surface area contributed by atoms with E-state index in [0.717, 1.165) is 35.7 Å². The normalized spacial score (nSPS) is 18.2. The molecule has 1 unspecified atom stereocenters. The Morgan fingerprint density at radius 3 is 2.76 bits per heavy atom. The summed E-state index contributed by atoms with van der Waals surface area (Å²) in [5.74, 6) is 1.11. The molecule has 33 heavy (non-hydrogen) atoms. The third-order valence-electron chi connectivity index (χ3n) is 6.17. The minimum absolute atomic E-state index is 0.108. The SMILES string of the molecule is Cc1cnc(CNC(=O)c2cc(OCC3CCCO3)cc(-c3ncc(C4CCC4)s3)c2)cn1. The van der Waals surface area contributed by atoms with Gasteiger partial charge in [0.1, 0.15) is 17.4 Å². The van der Waals surface area contributed by atoms with E-state index in [1.807, 2.05) is 25.3 Å².